The van der Waals surface area contributed by atoms with E-state index in [1.807, 2.05) is 19.0 Å². The van der Waals surface area contributed by atoms with Crippen molar-refractivity contribution < 1.29 is 0 Å². The first-order chi connectivity index (χ1) is 8.06. The summed E-state index contributed by atoms with van der Waals surface area (Å²) >= 11 is 0. The normalized spacial score (nSPS) is 11.1. The number of aromatic nitrogens is 2. The van der Waals surface area contributed by atoms with Crippen molar-refractivity contribution >= 4 is 0 Å². The lowest BCUT2D eigenvalue weighted by Crippen LogP contribution is -2.40. The first-order valence-corrected chi connectivity index (χ1v) is 5.71. The summed E-state index contributed by atoms with van der Waals surface area (Å²) in [6.07, 6.45) is 2.18. The Morgan fingerprint density at radius 2 is 2.00 bits per heavy atom. The quantitative estimate of drug-likeness (QED) is 0.686. The molecule has 1 heterocycles. The molecule has 0 bridgehead atoms. The van der Waals surface area contributed by atoms with Crippen LogP contribution in [-0.4, -0.2) is 41.2 Å². The Hall–Kier alpha value is -1.40. The zero-order valence-corrected chi connectivity index (χ0v) is 10.4. The SMILES string of the molecule is CN(C)CCn1ccc(=O)n(CCCN)c1=O. The lowest BCUT2D eigenvalue weighted by Gasteiger charge is -2.12. The van der Waals surface area contributed by atoms with Crippen molar-refractivity contribution in [2.45, 2.75) is 19.5 Å². The minimum Gasteiger partial charge on any atom is -0.330 e. The number of hydrogen-bond acceptors (Lipinski definition) is 4. The molecule has 0 saturated heterocycles. The van der Waals surface area contributed by atoms with Crippen LogP contribution in [0.1, 0.15) is 6.42 Å². The van der Waals surface area contributed by atoms with Gasteiger partial charge in [-0.05, 0) is 27.1 Å². The molecule has 0 spiro atoms. The molecule has 1 aromatic rings. The predicted molar refractivity (Wildman–Crippen MR) is 67.2 cm³/mol. The van der Waals surface area contributed by atoms with Crippen molar-refractivity contribution in [1.29, 1.82) is 0 Å². The molecule has 0 aromatic carbocycles. The lowest BCUT2D eigenvalue weighted by molar-refractivity contribution is 0.374. The minimum absolute atomic E-state index is 0.257. The molecule has 0 radical (unpaired) electrons. The summed E-state index contributed by atoms with van der Waals surface area (Å²) in [7, 11) is 3.88. The van der Waals surface area contributed by atoms with Crippen molar-refractivity contribution in [2.75, 3.05) is 27.2 Å². The molecule has 0 aliphatic heterocycles. The van der Waals surface area contributed by atoms with Crippen LogP contribution in [0.3, 0.4) is 0 Å². The van der Waals surface area contributed by atoms with Crippen LogP contribution in [0, 0.1) is 0 Å². The Kier molecular flexibility index (Phi) is 5.11. The summed E-state index contributed by atoms with van der Waals surface area (Å²) in [6.45, 7) is 2.19. The average molecular weight is 240 g/mol. The van der Waals surface area contributed by atoms with E-state index in [4.69, 9.17) is 5.73 Å². The van der Waals surface area contributed by atoms with Gasteiger partial charge in [0.25, 0.3) is 5.56 Å². The van der Waals surface area contributed by atoms with Crippen LogP contribution >= 0.6 is 0 Å². The van der Waals surface area contributed by atoms with Crippen molar-refractivity contribution in [1.82, 2.24) is 14.0 Å². The molecular weight excluding hydrogens is 220 g/mol. The van der Waals surface area contributed by atoms with Gasteiger partial charge >= 0.3 is 5.69 Å². The number of rotatable bonds is 6. The smallest absolute Gasteiger partial charge is 0.330 e. The Bertz CT molecular complexity index is 461. The predicted octanol–water partition coefficient (Wildman–Crippen LogP) is -1.08. The highest BCUT2D eigenvalue weighted by Crippen LogP contribution is 1.84. The molecule has 0 amide bonds. The minimum atomic E-state index is -0.260. The topological polar surface area (TPSA) is 73.3 Å². The summed E-state index contributed by atoms with van der Waals surface area (Å²) in [5, 5.41) is 0. The molecule has 1 aromatic heterocycles. The molecule has 0 aliphatic carbocycles. The molecule has 0 saturated carbocycles. The molecule has 6 nitrogen and oxygen atoms in total. The van der Waals surface area contributed by atoms with Crippen molar-refractivity contribution in [3.63, 3.8) is 0 Å². The molecule has 6 heteroatoms. The molecule has 0 aliphatic rings. The van der Waals surface area contributed by atoms with Crippen LogP contribution in [0.5, 0.6) is 0 Å². The van der Waals surface area contributed by atoms with E-state index in [0.29, 0.717) is 26.1 Å². The highest BCUT2D eigenvalue weighted by atomic mass is 16.2. The fourth-order valence-corrected chi connectivity index (χ4v) is 1.49. The van der Waals surface area contributed by atoms with Gasteiger partial charge in [0.05, 0.1) is 0 Å². The van der Waals surface area contributed by atoms with Crippen molar-refractivity contribution in [3.05, 3.63) is 33.1 Å². The van der Waals surface area contributed by atoms with E-state index >= 15 is 0 Å². The van der Waals surface area contributed by atoms with Gasteiger partial charge in [-0.3, -0.25) is 13.9 Å². The third-order valence-corrected chi connectivity index (χ3v) is 2.51. The van der Waals surface area contributed by atoms with E-state index in [1.54, 1.807) is 10.8 Å². The maximum Gasteiger partial charge on any atom is 0.331 e. The van der Waals surface area contributed by atoms with Gasteiger partial charge in [0.1, 0.15) is 0 Å². The van der Waals surface area contributed by atoms with Gasteiger partial charge < -0.3 is 10.6 Å². The Labute approximate surface area is 100 Å². The second kappa shape index (κ2) is 6.36. The maximum absolute atomic E-state index is 12.0. The largest absolute Gasteiger partial charge is 0.331 e. The molecular formula is C11H20N4O2. The highest BCUT2D eigenvalue weighted by Gasteiger charge is 2.04. The third-order valence-electron chi connectivity index (χ3n) is 2.51. The van der Waals surface area contributed by atoms with Gasteiger partial charge in [-0.25, -0.2) is 4.79 Å². The van der Waals surface area contributed by atoms with Crippen molar-refractivity contribution in [2.24, 2.45) is 5.73 Å². The summed E-state index contributed by atoms with van der Waals surface area (Å²) in [6, 6.07) is 1.42. The van der Waals surface area contributed by atoms with Gasteiger partial charge in [0.15, 0.2) is 0 Å². The van der Waals surface area contributed by atoms with Gasteiger partial charge in [0, 0.05) is 31.9 Å². The third kappa shape index (κ3) is 3.83. The Balaban J connectivity index is 2.94. The zero-order chi connectivity index (χ0) is 12.8. The fourth-order valence-electron chi connectivity index (χ4n) is 1.49. The highest BCUT2D eigenvalue weighted by molar-refractivity contribution is 4.86. The molecule has 0 unspecified atom stereocenters. The second-order valence-electron chi connectivity index (χ2n) is 4.23. The van der Waals surface area contributed by atoms with Crippen LogP contribution in [0.15, 0.2) is 21.9 Å². The first kappa shape index (κ1) is 13.7. The number of nitrogens with zero attached hydrogens (tertiary/aromatic N) is 3. The molecule has 0 fully saturated rings. The average Bonchev–Trinajstić information content (AvgIpc) is 2.27. The van der Waals surface area contributed by atoms with Crippen LogP contribution < -0.4 is 17.0 Å². The van der Waals surface area contributed by atoms with Crippen LogP contribution in [0.4, 0.5) is 0 Å². The fraction of sp³-hybridized carbons (Fsp3) is 0.636. The maximum atomic E-state index is 12.0. The van der Waals surface area contributed by atoms with Crippen molar-refractivity contribution in [3.8, 4) is 0 Å². The monoisotopic (exact) mass is 240 g/mol. The zero-order valence-electron chi connectivity index (χ0n) is 10.4. The van der Waals surface area contributed by atoms with E-state index in [9.17, 15) is 9.59 Å². The van der Waals surface area contributed by atoms with Crippen LogP contribution in [0.2, 0.25) is 0 Å². The van der Waals surface area contributed by atoms with Crippen LogP contribution in [-0.2, 0) is 13.1 Å². The number of nitrogens with two attached hydrogens (primary N) is 1. The summed E-state index contributed by atoms with van der Waals surface area (Å²) < 4.78 is 2.79. The van der Waals surface area contributed by atoms with Gasteiger partial charge in [-0.15, -0.1) is 0 Å². The second-order valence-corrected chi connectivity index (χ2v) is 4.23. The number of hydrogen-bond donors (Lipinski definition) is 1. The van der Waals surface area contributed by atoms with Gasteiger partial charge in [-0.1, -0.05) is 0 Å². The van der Waals surface area contributed by atoms with E-state index < -0.39 is 0 Å². The van der Waals surface area contributed by atoms with Crippen LogP contribution in [0.25, 0.3) is 0 Å². The molecule has 0 atom stereocenters. The van der Waals surface area contributed by atoms with Gasteiger partial charge in [0.2, 0.25) is 0 Å². The van der Waals surface area contributed by atoms with Gasteiger partial charge in [-0.2, -0.15) is 0 Å². The van der Waals surface area contributed by atoms with E-state index in [-0.39, 0.29) is 11.2 Å². The summed E-state index contributed by atoms with van der Waals surface area (Å²) in [5.41, 5.74) is 4.87. The molecule has 17 heavy (non-hydrogen) atoms. The summed E-state index contributed by atoms with van der Waals surface area (Å²) in [5.74, 6) is 0. The first-order valence-electron chi connectivity index (χ1n) is 5.71. The molecule has 96 valence electrons. The standard InChI is InChI=1S/C11H20N4O2/c1-13(2)8-9-14-7-4-10(16)15(11(14)17)6-3-5-12/h4,7H,3,5-6,8-9,12H2,1-2H3. The summed E-state index contributed by atoms with van der Waals surface area (Å²) in [4.78, 5) is 25.5. The molecule has 2 N–H and O–H groups in total. The Morgan fingerprint density at radius 1 is 1.29 bits per heavy atom. The molecule has 1 rings (SSSR count). The Morgan fingerprint density at radius 3 is 2.59 bits per heavy atom. The number of likely N-dealkylation sites (N-methyl/N-ethyl adjacent to an activating group) is 1. The lowest BCUT2D eigenvalue weighted by atomic mass is 10.4. The van der Waals surface area contributed by atoms with E-state index in [0.717, 1.165) is 6.54 Å². The van der Waals surface area contributed by atoms with E-state index in [1.165, 1.54) is 10.6 Å². The van der Waals surface area contributed by atoms with E-state index in [2.05, 4.69) is 0 Å².